The summed E-state index contributed by atoms with van der Waals surface area (Å²) in [6.07, 6.45) is 5.08. The molecule has 0 aliphatic rings. The van der Waals surface area contributed by atoms with Crippen LogP contribution in [0.15, 0.2) is 12.2 Å². The minimum Gasteiger partial charge on any atom is -0.352 e. The van der Waals surface area contributed by atoms with Crippen molar-refractivity contribution >= 4 is 5.91 Å². The van der Waals surface area contributed by atoms with E-state index >= 15 is 0 Å². The second-order valence-electron chi connectivity index (χ2n) is 4.13. The molecule has 0 aliphatic carbocycles. The summed E-state index contributed by atoms with van der Waals surface area (Å²) in [4.78, 5) is 11.4. The monoisotopic (exact) mass is 212 g/mol. The minimum absolute atomic E-state index is 0.0803. The van der Waals surface area contributed by atoms with Gasteiger partial charge in [0.1, 0.15) is 0 Å². The van der Waals surface area contributed by atoms with Crippen LogP contribution in [0.25, 0.3) is 0 Å². The topological polar surface area (TPSA) is 41.1 Å². The predicted octanol–water partition coefficient (Wildman–Crippen LogP) is 1.70. The van der Waals surface area contributed by atoms with Crippen molar-refractivity contribution in [2.75, 3.05) is 13.1 Å². The van der Waals surface area contributed by atoms with E-state index in [0.717, 1.165) is 13.0 Å². The first-order valence-corrected chi connectivity index (χ1v) is 5.69. The Hall–Kier alpha value is -0.830. The quantitative estimate of drug-likeness (QED) is 0.498. The number of carbonyl (C=O) groups excluding carboxylic acids is 1. The van der Waals surface area contributed by atoms with Crippen molar-refractivity contribution < 1.29 is 4.79 Å². The van der Waals surface area contributed by atoms with Crippen molar-refractivity contribution in [2.24, 2.45) is 5.92 Å². The van der Waals surface area contributed by atoms with Gasteiger partial charge >= 0.3 is 0 Å². The van der Waals surface area contributed by atoms with Crippen LogP contribution < -0.4 is 10.6 Å². The highest BCUT2D eigenvalue weighted by Gasteiger charge is 2.09. The van der Waals surface area contributed by atoms with E-state index in [1.165, 1.54) is 0 Å². The number of hydrogen-bond acceptors (Lipinski definition) is 2. The second kappa shape index (κ2) is 8.48. The third-order valence-electron chi connectivity index (χ3n) is 2.40. The lowest BCUT2D eigenvalue weighted by Crippen LogP contribution is -2.41. The molecule has 0 rings (SSSR count). The second-order valence-corrected chi connectivity index (χ2v) is 4.13. The van der Waals surface area contributed by atoms with Gasteiger partial charge in [-0.25, -0.2) is 0 Å². The third kappa shape index (κ3) is 8.18. The number of allylic oxidation sites excluding steroid dienone is 1. The molecule has 15 heavy (non-hydrogen) atoms. The maximum absolute atomic E-state index is 11.4. The fraction of sp³-hybridized carbons (Fsp3) is 0.750. The van der Waals surface area contributed by atoms with Crippen LogP contribution in [-0.2, 0) is 4.79 Å². The Labute approximate surface area is 93.3 Å². The summed E-state index contributed by atoms with van der Waals surface area (Å²) in [6.45, 7) is 9.50. The first kappa shape index (κ1) is 14.2. The van der Waals surface area contributed by atoms with E-state index in [1.54, 1.807) is 0 Å². The van der Waals surface area contributed by atoms with Crippen LogP contribution in [0.3, 0.4) is 0 Å². The SMILES string of the molecule is C/C=C/CCNCC(=O)NC(C)C(C)C. The molecule has 3 nitrogen and oxygen atoms in total. The molecule has 0 saturated heterocycles. The smallest absolute Gasteiger partial charge is 0.234 e. The number of hydrogen-bond donors (Lipinski definition) is 2. The molecule has 88 valence electrons. The summed E-state index contributed by atoms with van der Waals surface area (Å²) in [5.41, 5.74) is 0. The standard InChI is InChI=1S/C12H24N2O/c1-5-6-7-8-13-9-12(15)14-11(4)10(2)3/h5-6,10-11,13H,7-9H2,1-4H3,(H,14,15)/b6-5+. The molecular weight excluding hydrogens is 188 g/mol. The lowest BCUT2D eigenvalue weighted by molar-refractivity contribution is -0.121. The molecule has 3 heteroatoms. The van der Waals surface area contributed by atoms with Crippen LogP contribution in [0, 0.1) is 5.92 Å². The van der Waals surface area contributed by atoms with E-state index in [9.17, 15) is 4.79 Å². The van der Waals surface area contributed by atoms with Gasteiger partial charge in [-0.1, -0.05) is 26.0 Å². The third-order valence-corrected chi connectivity index (χ3v) is 2.40. The molecule has 0 aliphatic heterocycles. The number of nitrogens with one attached hydrogen (secondary N) is 2. The van der Waals surface area contributed by atoms with Crippen LogP contribution in [0.4, 0.5) is 0 Å². The zero-order valence-corrected chi connectivity index (χ0v) is 10.3. The molecule has 0 radical (unpaired) electrons. The molecule has 0 bridgehead atoms. The molecule has 2 N–H and O–H groups in total. The predicted molar refractivity (Wildman–Crippen MR) is 64.7 cm³/mol. The van der Waals surface area contributed by atoms with E-state index in [0.29, 0.717) is 12.5 Å². The summed E-state index contributed by atoms with van der Waals surface area (Å²) in [5.74, 6) is 0.564. The Bertz CT molecular complexity index is 200. The van der Waals surface area contributed by atoms with Gasteiger partial charge in [0.2, 0.25) is 5.91 Å². The molecule has 1 amide bonds. The number of rotatable bonds is 7. The summed E-state index contributed by atoms with van der Waals surface area (Å²) in [7, 11) is 0. The van der Waals surface area contributed by atoms with Crippen molar-refractivity contribution in [3.05, 3.63) is 12.2 Å². The fourth-order valence-electron chi connectivity index (χ4n) is 1.03. The molecule has 0 aromatic rings. The summed E-state index contributed by atoms with van der Waals surface area (Å²) >= 11 is 0. The van der Waals surface area contributed by atoms with E-state index in [1.807, 2.05) is 19.9 Å². The van der Waals surface area contributed by atoms with Crippen LogP contribution in [0.2, 0.25) is 0 Å². The van der Waals surface area contributed by atoms with Crippen LogP contribution >= 0.6 is 0 Å². The molecule has 0 fully saturated rings. The highest BCUT2D eigenvalue weighted by Crippen LogP contribution is 1.98. The Morgan fingerprint density at radius 3 is 2.53 bits per heavy atom. The van der Waals surface area contributed by atoms with E-state index in [2.05, 4.69) is 30.6 Å². The molecule has 1 unspecified atom stereocenters. The fourth-order valence-corrected chi connectivity index (χ4v) is 1.03. The van der Waals surface area contributed by atoms with Gasteiger partial charge in [-0.3, -0.25) is 4.79 Å². The Balaban J connectivity index is 3.49. The van der Waals surface area contributed by atoms with Gasteiger partial charge in [-0.2, -0.15) is 0 Å². The summed E-state index contributed by atoms with van der Waals surface area (Å²) in [5, 5.41) is 6.05. The van der Waals surface area contributed by atoms with Gasteiger partial charge in [0.05, 0.1) is 6.54 Å². The van der Waals surface area contributed by atoms with Crippen LogP contribution in [0.5, 0.6) is 0 Å². The van der Waals surface area contributed by atoms with Crippen LogP contribution in [-0.4, -0.2) is 25.0 Å². The van der Waals surface area contributed by atoms with E-state index in [4.69, 9.17) is 0 Å². The summed E-state index contributed by atoms with van der Waals surface area (Å²) in [6, 6.07) is 0.245. The zero-order valence-electron chi connectivity index (χ0n) is 10.3. The van der Waals surface area contributed by atoms with E-state index in [-0.39, 0.29) is 11.9 Å². The van der Waals surface area contributed by atoms with Crippen molar-refractivity contribution in [1.29, 1.82) is 0 Å². The number of amides is 1. The van der Waals surface area contributed by atoms with Crippen molar-refractivity contribution in [3.8, 4) is 0 Å². The highest BCUT2D eigenvalue weighted by molar-refractivity contribution is 5.78. The molecule has 1 atom stereocenters. The normalized spacial score (nSPS) is 13.4. The lowest BCUT2D eigenvalue weighted by Gasteiger charge is -2.17. The van der Waals surface area contributed by atoms with Gasteiger partial charge in [0, 0.05) is 6.04 Å². The first-order valence-electron chi connectivity index (χ1n) is 5.69. The maximum Gasteiger partial charge on any atom is 0.234 e. The first-order chi connectivity index (χ1) is 7.07. The largest absolute Gasteiger partial charge is 0.352 e. The number of carbonyl (C=O) groups is 1. The van der Waals surface area contributed by atoms with Gasteiger partial charge in [-0.05, 0) is 32.7 Å². The average Bonchev–Trinajstić information content (AvgIpc) is 2.17. The summed E-state index contributed by atoms with van der Waals surface area (Å²) < 4.78 is 0. The van der Waals surface area contributed by atoms with Crippen molar-refractivity contribution in [1.82, 2.24) is 10.6 Å². The van der Waals surface area contributed by atoms with Crippen LogP contribution in [0.1, 0.15) is 34.1 Å². The Kier molecular flexibility index (Phi) is 8.01. The van der Waals surface area contributed by atoms with Gasteiger partial charge < -0.3 is 10.6 Å². The lowest BCUT2D eigenvalue weighted by atomic mass is 10.1. The zero-order chi connectivity index (χ0) is 11.7. The molecule has 0 saturated carbocycles. The van der Waals surface area contributed by atoms with Crippen molar-refractivity contribution in [2.45, 2.75) is 40.2 Å². The molecule has 0 aromatic carbocycles. The van der Waals surface area contributed by atoms with Gasteiger partial charge in [0.15, 0.2) is 0 Å². The van der Waals surface area contributed by atoms with E-state index < -0.39 is 0 Å². The minimum atomic E-state index is 0.0803. The highest BCUT2D eigenvalue weighted by atomic mass is 16.1. The Morgan fingerprint density at radius 2 is 2.00 bits per heavy atom. The van der Waals surface area contributed by atoms with Crippen molar-refractivity contribution in [3.63, 3.8) is 0 Å². The average molecular weight is 212 g/mol. The maximum atomic E-state index is 11.4. The Morgan fingerprint density at radius 1 is 1.33 bits per heavy atom. The molecule has 0 heterocycles. The molecule has 0 aromatic heterocycles. The molecular formula is C12H24N2O. The van der Waals surface area contributed by atoms with Gasteiger partial charge in [-0.15, -0.1) is 0 Å². The van der Waals surface area contributed by atoms with Gasteiger partial charge in [0.25, 0.3) is 0 Å². The molecule has 0 spiro atoms.